The predicted octanol–water partition coefficient (Wildman–Crippen LogP) is 6.45. The summed E-state index contributed by atoms with van der Waals surface area (Å²) in [5.74, 6) is 0. The van der Waals surface area contributed by atoms with E-state index in [2.05, 4.69) is 37.3 Å². The zero-order valence-electron chi connectivity index (χ0n) is 16.9. The van der Waals surface area contributed by atoms with Crippen LogP contribution in [-0.2, 0) is 6.42 Å². The molecule has 0 N–H and O–H groups in total. The second kappa shape index (κ2) is 8.40. The molecule has 0 spiro atoms. The highest BCUT2D eigenvalue weighted by molar-refractivity contribution is 8.00. The summed E-state index contributed by atoms with van der Waals surface area (Å²) >= 11 is 3.46. The minimum atomic E-state index is 0.734. The Labute approximate surface area is 184 Å². The molecular weight excluding hydrogens is 408 g/mol. The van der Waals surface area contributed by atoms with Crippen molar-refractivity contribution in [3.05, 3.63) is 70.4 Å². The van der Waals surface area contributed by atoms with E-state index in [1.54, 1.807) is 23.5 Å². The molecule has 0 saturated heterocycles. The molecule has 2 aliphatic rings. The standard InChI is InChI=1S/C25H22N2OS2/c1-2-3-4-5-8-17-11-16(15-28)12-24-25(17)27-20-14-22-19(13-23(20)30-24)26-18-9-6-7-10-21(18)29-22/h6-7,9-15H,2-5,8H2,1H3. The van der Waals surface area contributed by atoms with Gasteiger partial charge in [0.25, 0.3) is 0 Å². The van der Waals surface area contributed by atoms with Crippen molar-refractivity contribution < 1.29 is 4.79 Å². The first-order valence-electron chi connectivity index (χ1n) is 10.4. The van der Waals surface area contributed by atoms with E-state index in [1.165, 1.54) is 29.7 Å². The summed E-state index contributed by atoms with van der Waals surface area (Å²) in [6, 6.07) is 16.5. The van der Waals surface area contributed by atoms with Crippen LogP contribution in [0, 0.1) is 0 Å². The highest BCUT2D eigenvalue weighted by atomic mass is 32.2. The molecule has 30 heavy (non-hydrogen) atoms. The van der Waals surface area contributed by atoms with Gasteiger partial charge in [-0.2, -0.15) is 0 Å². The van der Waals surface area contributed by atoms with Crippen LogP contribution in [0.3, 0.4) is 0 Å². The summed E-state index contributed by atoms with van der Waals surface area (Å²) in [7, 11) is 0. The minimum Gasteiger partial charge on any atom is -0.298 e. The van der Waals surface area contributed by atoms with Crippen molar-refractivity contribution in [1.29, 1.82) is 0 Å². The third-order valence-electron chi connectivity index (χ3n) is 5.43. The normalized spacial score (nSPS) is 13.2. The van der Waals surface area contributed by atoms with Crippen LogP contribution >= 0.6 is 23.5 Å². The number of unbranched alkanes of at least 4 members (excludes halogenated alkanes) is 3. The molecule has 150 valence electrons. The molecule has 0 atom stereocenters. The second-order valence-electron chi connectivity index (χ2n) is 7.64. The molecule has 2 heterocycles. The Balaban J connectivity index is 1.58. The molecule has 3 aromatic rings. The van der Waals surface area contributed by atoms with Gasteiger partial charge in [-0.25, -0.2) is 9.98 Å². The quantitative estimate of drug-likeness (QED) is 0.229. The van der Waals surface area contributed by atoms with Gasteiger partial charge in [0.05, 0.1) is 22.1 Å². The molecule has 0 aromatic heterocycles. The number of aryl methyl sites for hydroxylation is 1. The van der Waals surface area contributed by atoms with E-state index in [-0.39, 0.29) is 0 Å². The third-order valence-corrected chi connectivity index (χ3v) is 7.62. The smallest absolute Gasteiger partial charge is 0.150 e. The lowest BCUT2D eigenvalue weighted by molar-refractivity contribution is 0.112. The van der Waals surface area contributed by atoms with Gasteiger partial charge in [0.2, 0.25) is 0 Å². The summed E-state index contributed by atoms with van der Waals surface area (Å²) in [4.78, 5) is 25.9. The van der Waals surface area contributed by atoms with Gasteiger partial charge in [-0.3, -0.25) is 4.79 Å². The van der Waals surface area contributed by atoms with Crippen LogP contribution in [-0.4, -0.2) is 6.29 Å². The molecule has 0 amide bonds. The Kier molecular flexibility index (Phi) is 5.48. The highest BCUT2D eigenvalue weighted by Crippen LogP contribution is 2.42. The topological polar surface area (TPSA) is 41.8 Å². The van der Waals surface area contributed by atoms with Gasteiger partial charge >= 0.3 is 0 Å². The summed E-state index contributed by atoms with van der Waals surface area (Å²) in [6.07, 6.45) is 6.72. The largest absolute Gasteiger partial charge is 0.298 e. The van der Waals surface area contributed by atoms with Crippen LogP contribution < -0.4 is 10.7 Å². The van der Waals surface area contributed by atoms with E-state index in [0.29, 0.717) is 0 Å². The lowest BCUT2D eigenvalue weighted by Gasteiger charge is -2.18. The molecule has 0 saturated carbocycles. The zero-order chi connectivity index (χ0) is 20.5. The van der Waals surface area contributed by atoms with Crippen LogP contribution in [0.1, 0.15) is 48.5 Å². The number of fused-ring (bicyclic) bond motifs is 4. The van der Waals surface area contributed by atoms with Crippen molar-refractivity contribution in [2.45, 2.75) is 58.6 Å². The molecule has 5 heteroatoms. The lowest BCUT2D eigenvalue weighted by atomic mass is 10.0. The van der Waals surface area contributed by atoms with Crippen molar-refractivity contribution in [2.24, 2.45) is 9.98 Å². The van der Waals surface area contributed by atoms with Gasteiger partial charge in [-0.1, -0.05) is 61.8 Å². The van der Waals surface area contributed by atoms with E-state index in [1.807, 2.05) is 18.2 Å². The molecule has 0 fully saturated rings. The van der Waals surface area contributed by atoms with Crippen molar-refractivity contribution >= 4 is 41.2 Å². The first-order valence-corrected chi connectivity index (χ1v) is 12.1. The van der Waals surface area contributed by atoms with Crippen LogP contribution in [0.25, 0.3) is 0 Å². The van der Waals surface area contributed by atoms with E-state index < -0.39 is 0 Å². The zero-order valence-corrected chi connectivity index (χ0v) is 18.5. The van der Waals surface area contributed by atoms with E-state index in [0.717, 1.165) is 61.5 Å². The Morgan fingerprint density at radius 1 is 0.833 bits per heavy atom. The van der Waals surface area contributed by atoms with E-state index >= 15 is 0 Å². The molecule has 0 unspecified atom stereocenters. The van der Waals surface area contributed by atoms with Gasteiger partial charge in [0, 0.05) is 25.1 Å². The Morgan fingerprint density at radius 3 is 2.40 bits per heavy atom. The number of para-hydroxylation sites is 1. The Morgan fingerprint density at radius 2 is 1.60 bits per heavy atom. The van der Waals surface area contributed by atoms with Gasteiger partial charge in [0.15, 0.2) is 0 Å². The number of carbonyl (C=O) groups is 1. The van der Waals surface area contributed by atoms with Gasteiger partial charge < -0.3 is 0 Å². The molecule has 3 aromatic carbocycles. The molecule has 5 rings (SSSR count). The van der Waals surface area contributed by atoms with E-state index in [9.17, 15) is 4.79 Å². The molecule has 0 radical (unpaired) electrons. The fourth-order valence-corrected chi connectivity index (χ4v) is 5.96. The molecule has 0 aliphatic carbocycles. The van der Waals surface area contributed by atoms with Crippen LogP contribution in [0.4, 0.5) is 11.4 Å². The highest BCUT2D eigenvalue weighted by Gasteiger charge is 2.19. The second-order valence-corrected chi connectivity index (χ2v) is 9.81. The minimum absolute atomic E-state index is 0.734. The number of nitrogens with zero attached hydrogens (tertiary/aromatic N) is 2. The summed E-state index contributed by atoms with van der Waals surface area (Å²) in [5.41, 5.74) is 3.97. The summed E-state index contributed by atoms with van der Waals surface area (Å²) in [5, 5.41) is 2.00. The van der Waals surface area contributed by atoms with Crippen LogP contribution in [0.5, 0.6) is 0 Å². The fraction of sp³-hybridized carbons (Fsp3) is 0.240. The average molecular weight is 431 g/mol. The molecule has 0 bridgehead atoms. The monoisotopic (exact) mass is 430 g/mol. The summed E-state index contributed by atoms with van der Waals surface area (Å²) < 4.78 is 0. The van der Waals surface area contributed by atoms with Crippen LogP contribution in [0.15, 0.2) is 78.1 Å². The predicted molar refractivity (Wildman–Crippen MR) is 122 cm³/mol. The maximum Gasteiger partial charge on any atom is 0.150 e. The maximum absolute atomic E-state index is 11.5. The average Bonchev–Trinajstić information content (AvgIpc) is 2.77. The number of aldehydes is 1. The molecule has 3 nitrogen and oxygen atoms in total. The number of hydrogen-bond acceptors (Lipinski definition) is 5. The lowest BCUT2D eigenvalue weighted by Crippen LogP contribution is -2.18. The van der Waals surface area contributed by atoms with Crippen molar-refractivity contribution in [3.8, 4) is 0 Å². The fourth-order valence-electron chi connectivity index (χ4n) is 3.89. The molecular formula is C25H22N2OS2. The van der Waals surface area contributed by atoms with Crippen molar-refractivity contribution in [1.82, 2.24) is 0 Å². The number of carbonyl (C=O) groups excluding carboxylic acids is 1. The SMILES string of the molecule is CCCCCCc1cc(C=O)cc2c1N=c1cc3c(cc1S2)=Nc1ccccc1S3. The summed E-state index contributed by atoms with van der Waals surface area (Å²) in [6.45, 7) is 2.22. The number of hydrogen-bond donors (Lipinski definition) is 0. The first-order chi connectivity index (χ1) is 14.7. The Hall–Kier alpha value is -2.37. The third kappa shape index (κ3) is 3.72. The van der Waals surface area contributed by atoms with Gasteiger partial charge in [-0.05, 0) is 54.8 Å². The number of rotatable bonds is 6. The van der Waals surface area contributed by atoms with Crippen molar-refractivity contribution in [3.63, 3.8) is 0 Å². The van der Waals surface area contributed by atoms with Crippen LogP contribution in [0.2, 0.25) is 0 Å². The number of benzene rings is 3. The van der Waals surface area contributed by atoms with Crippen molar-refractivity contribution in [2.75, 3.05) is 0 Å². The van der Waals surface area contributed by atoms with E-state index in [4.69, 9.17) is 9.98 Å². The van der Waals surface area contributed by atoms with Gasteiger partial charge in [-0.15, -0.1) is 0 Å². The molecule has 2 aliphatic heterocycles. The maximum atomic E-state index is 11.5. The van der Waals surface area contributed by atoms with Gasteiger partial charge in [0.1, 0.15) is 6.29 Å². The Bertz CT molecular complexity index is 1270. The first kappa shape index (κ1) is 19.6.